The first kappa shape index (κ1) is 53.6. The summed E-state index contributed by atoms with van der Waals surface area (Å²) in [6.07, 6.45) is 3.46. The SMILES string of the molecule is C=Cc1ccc(Oc2ccc(C3(c4c(F)cc(F)cc4F)c4ccccc4-c4ccc(N(c5ccc6c(c5)C(c5ccc(Oc7ccc(C=C)cc7)cc5)(c5c(F)cc(F)cc5F)c5ccccc5-6)c5ccc6c(c5)oc5ccccc56)cc43)cc2)cc1. The van der Waals surface area contributed by atoms with E-state index in [2.05, 4.69) is 13.2 Å². The van der Waals surface area contributed by atoms with E-state index in [1.54, 1.807) is 60.7 Å². The van der Waals surface area contributed by atoms with Crippen molar-refractivity contribution >= 4 is 51.2 Å². The molecule has 2 aliphatic rings. The molecule has 4 nitrogen and oxygen atoms in total. The van der Waals surface area contributed by atoms with Crippen molar-refractivity contribution in [3.63, 3.8) is 0 Å². The van der Waals surface area contributed by atoms with Gasteiger partial charge in [-0.25, -0.2) is 26.3 Å². The van der Waals surface area contributed by atoms with Crippen LogP contribution >= 0.6 is 0 Å². The highest BCUT2D eigenvalue weighted by Gasteiger charge is 2.52. The van der Waals surface area contributed by atoms with Gasteiger partial charge in [0, 0.05) is 69.3 Å². The lowest BCUT2D eigenvalue weighted by Crippen LogP contribution is -2.32. The number of ether oxygens (including phenoxy) is 2. The number of furan rings is 1. The lowest BCUT2D eigenvalue weighted by atomic mass is 9.67. The largest absolute Gasteiger partial charge is 0.457 e. The lowest BCUT2D eigenvalue weighted by molar-refractivity contribution is 0.481. The van der Waals surface area contributed by atoms with Crippen molar-refractivity contribution in [1.82, 2.24) is 0 Å². The van der Waals surface area contributed by atoms with Crippen LogP contribution in [0.3, 0.4) is 0 Å². The Kier molecular flexibility index (Phi) is 12.7. The van der Waals surface area contributed by atoms with Gasteiger partial charge in [0.2, 0.25) is 0 Å². The fraction of sp³-hybridized carbons (Fsp3) is 0.0256. The molecule has 1 heterocycles. The molecule has 2 unspecified atom stereocenters. The summed E-state index contributed by atoms with van der Waals surface area (Å²) in [6, 6.07) is 71.4. The number of hydrogen-bond donors (Lipinski definition) is 0. The van der Waals surface area contributed by atoms with Crippen molar-refractivity contribution in [2.45, 2.75) is 10.8 Å². The molecule has 1 aromatic heterocycles. The number of anilines is 3. The van der Waals surface area contributed by atoms with Crippen molar-refractivity contribution in [3.05, 3.63) is 352 Å². The van der Waals surface area contributed by atoms with Gasteiger partial charge in [-0.3, -0.25) is 0 Å². The Labute approximate surface area is 502 Å². The van der Waals surface area contributed by atoms with E-state index in [0.717, 1.165) is 21.9 Å². The van der Waals surface area contributed by atoms with Gasteiger partial charge in [-0.05, 0) is 158 Å². The molecule has 2 atom stereocenters. The monoisotopic (exact) mass is 1160 g/mol. The first-order valence-corrected chi connectivity index (χ1v) is 28.5. The maximum Gasteiger partial charge on any atom is 0.137 e. The van der Waals surface area contributed by atoms with Crippen molar-refractivity contribution in [2.75, 3.05) is 4.90 Å². The second-order valence-corrected chi connectivity index (χ2v) is 22.0. The van der Waals surface area contributed by atoms with Crippen LogP contribution in [0.25, 0.3) is 56.3 Å². The maximum atomic E-state index is 17.3. The Morgan fingerprint density at radius 1 is 0.341 bits per heavy atom. The Morgan fingerprint density at radius 3 is 1.15 bits per heavy atom. The minimum absolute atomic E-state index is 0.397. The van der Waals surface area contributed by atoms with E-state index in [0.29, 0.717) is 131 Å². The second kappa shape index (κ2) is 20.9. The molecule has 2 aliphatic carbocycles. The van der Waals surface area contributed by atoms with Crippen LogP contribution in [0.2, 0.25) is 0 Å². The van der Waals surface area contributed by atoms with Gasteiger partial charge < -0.3 is 18.8 Å². The van der Waals surface area contributed by atoms with E-state index in [9.17, 15) is 0 Å². The van der Waals surface area contributed by atoms with E-state index >= 15 is 26.3 Å². The first-order valence-electron chi connectivity index (χ1n) is 28.5. The third-order valence-corrected chi connectivity index (χ3v) is 17.2. The van der Waals surface area contributed by atoms with Crippen LogP contribution < -0.4 is 14.4 Å². The van der Waals surface area contributed by atoms with Crippen LogP contribution in [-0.4, -0.2) is 0 Å². The molecular weight excluding hydrogens is 1110 g/mol. The number of para-hydroxylation sites is 1. The van der Waals surface area contributed by atoms with Crippen LogP contribution in [0, 0.1) is 34.9 Å². The Bertz CT molecular complexity index is 4680. The average molecular weight is 1160 g/mol. The summed E-state index contributed by atoms with van der Waals surface area (Å²) >= 11 is 0. The van der Waals surface area contributed by atoms with E-state index in [-0.39, 0.29) is 0 Å². The van der Waals surface area contributed by atoms with Crippen LogP contribution in [0.15, 0.2) is 266 Å². The number of nitrogens with zero attached hydrogens (tertiary/aromatic N) is 1. The fourth-order valence-corrected chi connectivity index (χ4v) is 13.5. The van der Waals surface area contributed by atoms with Crippen molar-refractivity contribution < 1.29 is 40.2 Å². The third kappa shape index (κ3) is 8.38. The summed E-state index contributed by atoms with van der Waals surface area (Å²) in [5.74, 6) is -4.55. The molecule has 10 heteroatoms. The van der Waals surface area contributed by atoms with E-state index in [1.165, 1.54) is 0 Å². The molecule has 0 N–H and O–H groups in total. The third-order valence-electron chi connectivity index (χ3n) is 17.2. The van der Waals surface area contributed by atoms with Crippen LogP contribution in [0.5, 0.6) is 23.0 Å². The Balaban J connectivity index is 0.974. The molecule has 0 amide bonds. The van der Waals surface area contributed by atoms with Crippen molar-refractivity contribution in [1.29, 1.82) is 0 Å². The molecule has 0 bridgehead atoms. The zero-order chi connectivity index (χ0) is 60.0. The van der Waals surface area contributed by atoms with E-state index in [1.807, 2.05) is 181 Å². The average Bonchev–Trinajstić information content (AvgIpc) is 1.56. The fourth-order valence-electron chi connectivity index (χ4n) is 13.5. The highest BCUT2D eigenvalue weighted by atomic mass is 19.2. The molecule has 13 aromatic rings. The summed E-state index contributed by atoms with van der Waals surface area (Å²) < 4.78 is 119. The number of benzene rings is 12. The summed E-state index contributed by atoms with van der Waals surface area (Å²) in [6.45, 7) is 7.69. The molecule has 0 spiro atoms. The van der Waals surface area contributed by atoms with Crippen LogP contribution in [-0.2, 0) is 10.8 Å². The zero-order valence-electron chi connectivity index (χ0n) is 46.7. The summed E-state index contributed by atoms with van der Waals surface area (Å²) in [5, 5.41) is 1.74. The minimum atomic E-state index is -1.76. The highest BCUT2D eigenvalue weighted by molar-refractivity contribution is 6.06. The molecule has 424 valence electrons. The molecule has 0 radical (unpaired) electrons. The molecule has 0 aliphatic heterocycles. The molecule has 0 fully saturated rings. The number of hydrogen-bond acceptors (Lipinski definition) is 4. The van der Waals surface area contributed by atoms with Gasteiger partial charge in [0.25, 0.3) is 0 Å². The standard InChI is InChI=1S/C78H47F6NO3/c1-3-46-17-28-55(29-18-46)86-57-32-21-48(22-33-57)77(75-69(81)39-50(79)40-70(75)82)65-14-8-5-11-59(65)61-36-25-52(43-67(61)77)85(54-27-38-64-63-13-7-10-16-73(63)88-74(64)45-54)53-26-37-62-60-12-6-9-15-66(60)78(68(62)44-53,76-71(83)41-51(80)42-72(76)84)49-23-34-58(35-24-49)87-56-30-19-47(4-2)20-31-56/h3-45H,1-2H2. The molecule has 12 aromatic carbocycles. The van der Waals surface area contributed by atoms with E-state index < -0.39 is 56.9 Å². The number of rotatable bonds is 13. The molecule has 15 rings (SSSR count). The van der Waals surface area contributed by atoms with Crippen molar-refractivity contribution in [2.24, 2.45) is 0 Å². The molecule has 0 saturated heterocycles. The zero-order valence-corrected chi connectivity index (χ0v) is 46.7. The summed E-state index contributed by atoms with van der Waals surface area (Å²) in [4.78, 5) is 1.96. The Morgan fingerprint density at radius 2 is 0.705 bits per heavy atom. The molecular formula is C78H47F6NO3. The normalized spacial score (nSPS) is 15.3. The lowest BCUT2D eigenvalue weighted by Gasteiger charge is -2.36. The van der Waals surface area contributed by atoms with Gasteiger partial charge in [0.1, 0.15) is 69.1 Å². The highest BCUT2D eigenvalue weighted by Crippen LogP contribution is 2.61. The predicted molar refractivity (Wildman–Crippen MR) is 336 cm³/mol. The van der Waals surface area contributed by atoms with Crippen LogP contribution in [0.4, 0.5) is 43.4 Å². The van der Waals surface area contributed by atoms with Crippen LogP contribution in [0.1, 0.15) is 55.6 Å². The summed E-state index contributed by atoms with van der Waals surface area (Å²) in [5.41, 5.74) is 5.92. The molecule has 88 heavy (non-hydrogen) atoms. The number of halogens is 6. The van der Waals surface area contributed by atoms with Gasteiger partial charge in [0.05, 0.1) is 10.8 Å². The smallest absolute Gasteiger partial charge is 0.137 e. The van der Waals surface area contributed by atoms with E-state index in [4.69, 9.17) is 13.9 Å². The quantitative estimate of drug-likeness (QED) is 0.108. The van der Waals surface area contributed by atoms with Gasteiger partial charge in [-0.1, -0.05) is 153 Å². The topological polar surface area (TPSA) is 34.8 Å². The maximum absolute atomic E-state index is 17.3. The van der Waals surface area contributed by atoms with Gasteiger partial charge in [0.15, 0.2) is 0 Å². The van der Waals surface area contributed by atoms with Gasteiger partial charge >= 0.3 is 0 Å². The molecule has 0 saturated carbocycles. The minimum Gasteiger partial charge on any atom is -0.457 e. The van der Waals surface area contributed by atoms with Crippen molar-refractivity contribution in [3.8, 4) is 45.3 Å². The predicted octanol–water partition coefficient (Wildman–Crippen LogP) is 21.5. The Hall–Kier alpha value is -11.1. The van der Waals surface area contributed by atoms with Gasteiger partial charge in [-0.2, -0.15) is 0 Å². The summed E-state index contributed by atoms with van der Waals surface area (Å²) in [7, 11) is 0. The number of fused-ring (bicyclic) bond motifs is 9. The first-order chi connectivity index (χ1) is 42.9. The van der Waals surface area contributed by atoms with Gasteiger partial charge in [-0.15, -0.1) is 0 Å². The second-order valence-electron chi connectivity index (χ2n) is 22.0.